The molecule has 1 unspecified atom stereocenters. The van der Waals surface area contributed by atoms with Gasteiger partial charge < -0.3 is 15.2 Å². The van der Waals surface area contributed by atoms with Crippen molar-refractivity contribution in [2.75, 3.05) is 5.32 Å². The second-order valence-electron chi connectivity index (χ2n) is 8.82. The number of hydrogen-bond donors (Lipinski definition) is 2. The number of nitrogens with zero attached hydrogens (tertiary/aromatic N) is 2. The van der Waals surface area contributed by atoms with Gasteiger partial charge in [0.2, 0.25) is 0 Å². The first-order chi connectivity index (χ1) is 18.6. The minimum Gasteiger partial charge on any atom is -0.341 e. The van der Waals surface area contributed by atoms with Crippen molar-refractivity contribution in [3.63, 3.8) is 0 Å². The van der Waals surface area contributed by atoms with Crippen molar-refractivity contribution in [3.8, 4) is 0 Å². The van der Waals surface area contributed by atoms with Gasteiger partial charge in [0.05, 0.1) is 29.0 Å². The molecule has 1 atom stereocenters. The number of nitrogens with one attached hydrogen (secondary N) is 2. The van der Waals surface area contributed by atoms with Crippen LogP contribution in [-0.4, -0.2) is 27.5 Å². The van der Waals surface area contributed by atoms with E-state index in [1.807, 2.05) is 0 Å². The molecule has 0 radical (unpaired) electrons. The molecule has 208 valence electrons. The fourth-order valence-electron chi connectivity index (χ4n) is 4.49. The molecule has 0 aliphatic carbocycles. The van der Waals surface area contributed by atoms with E-state index in [1.165, 1.54) is 6.07 Å². The molecule has 15 heteroatoms. The summed E-state index contributed by atoms with van der Waals surface area (Å²) < 4.78 is 108. The average molecular weight is 589 g/mol. The highest BCUT2D eigenvalue weighted by Crippen LogP contribution is 2.43. The molecular formula is C25H13ClF8N4O2. The third-order valence-corrected chi connectivity index (χ3v) is 6.45. The van der Waals surface area contributed by atoms with Crippen LogP contribution in [0.5, 0.6) is 0 Å². The van der Waals surface area contributed by atoms with Gasteiger partial charge in [-0.15, -0.1) is 0 Å². The maximum Gasteiger partial charge on any atom is 0.416 e. The molecule has 6 nitrogen and oxygen atoms in total. The van der Waals surface area contributed by atoms with Crippen LogP contribution in [0.3, 0.4) is 0 Å². The van der Waals surface area contributed by atoms with Crippen molar-refractivity contribution in [2.45, 2.75) is 24.9 Å². The summed E-state index contributed by atoms with van der Waals surface area (Å²) >= 11 is 6.22. The standard InChI is InChI=1S/C25H13ClF8N4O2/c26-15-2-1-12(27)6-14(15)20-18-16(36-22(39)10-3-11(25(32,33)34)5-13(28)4-10)7-17-21(19(18)23(40)37-20)35-9-38(17)8-24(29,30)31/h1-7,9,20H,8H2,(H,36,39)(H,37,40). The molecule has 2 amide bonds. The van der Waals surface area contributed by atoms with Gasteiger partial charge in [-0.25, -0.2) is 13.8 Å². The number of benzene rings is 3. The van der Waals surface area contributed by atoms with Crippen LogP contribution in [0, 0.1) is 11.6 Å². The number of carbonyl (C=O) groups is 2. The SMILES string of the molecule is O=C(Nc1cc2c(ncn2CC(F)(F)F)c2c1C(c1cc(F)ccc1Cl)NC2=O)c1cc(F)cc(C(F)(F)F)c1. The van der Waals surface area contributed by atoms with Crippen molar-refractivity contribution < 1.29 is 44.7 Å². The smallest absolute Gasteiger partial charge is 0.341 e. The molecule has 0 fully saturated rings. The molecule has 0 saturated carbocycles. The van der Waals surface area contributed by atoms with Gasteiger partial charge in [-0.3, -0.25) is 9.59 Å². The summed E-state index contributed by atoms with van der Waals surface area (Å²) in [5, 5.41) is 4.78. The number of carbonyl (C=O) groups excluding carboxylic acids is 2. The average Bonchev–Trinajstić information content (AvgIpc) is 3.39. The number of amides is 2. The van der Waals surface area contributed by atoms with Crippen LogP contribution in [0.1, 0.15) is 43.4 Å². The van der Waals surface area contributed by atoms with Crippen molar-refractivity contribution in [3.05, 3.63) is 93.3 Å². The summed E-state index contributed by atoms with van der Waals surface area (Å²) in [6, 6.07) is 4.11. The Labute approximate surface area is 223 Å². The second-order valence-corrected chi connectivity index (χ2v) is 9.23. The van der Waals surface area contributed by atoms with Crippen LogP contribution in [0.25, 0.3) is 11.0 Å². The van der Waals surface area contributed by atoms with Crippen molar-refractivity contribution in [1.82, 2.24) is 14.9 Å². The van der Waals surface area contributed by atoms with Gasteiger partial charge in [0, 0.05) is 27.4 Å². The van der Waals surface area contributed by atoms with E-state index in [1.54, 1.807) is 0 Å². The first kappa shape index (κ1) is 27.4. The number of alkyl halides is 6. The Morgan fingerprint density at radius 3 is 2.42 bits per heavy atom. The van der Waals surface area contributed by atoms with Crippen molar-refractivity contribution >= 4 is 40.1 Å². The quantitative estimate of drug-likeness (QED) is 0.263. The molecule has 0 saturated heterocycles. The summed E-state index contributed by atoms with van der Waals surface area (Å²) in [4.78, 5) is 30.0. The third kappa shape index (κ3) is 5.06. The minimum atomic E-state index is -4.99. The zero-order valence-electron chi connectivity index (χ0n) is 19.5. The van der Waals surface area contributed by atoms with E-state index in [4.69, 9.17) is 11.6 Å². The van der Waals surface area contributed by atoms with E-state index < -0.39 is 59.5 Å². The van der Waals surface area contributed by atoms with Gasteiger partial charge >= 0.3 is 12.4 Å². The van der Waals surface area contributed by atoms with Gasteiger partial charge in [0.15, 0.2) is 0 Å². The molecule has 4 aromatic rings. The monoisotopic (exact) mass is 588 g/mol. The summed E-state index contributed by atoms with van der Waals surface area (Å²) in [6.07, 6.45) is -8.87. The van der Waals surface area contributed by atoms with Crippen LogP contribution >= 0.6 is 11.6 Å². The van der Waals surface area contributed by atoms with E-state index in [0.717, 1.165) is 24.5 Å². The Morgan fingerprint density at radius 2 is 1.75 bits per heavy atom. The Morgan fingerprint density at radius 1 is 1.02 bits per heavy atom. The van der Waals surface area contributed by atoms with Gasteiger partial charge in [0.25, 0.3) is 11.8 Å². The summed E-state index contributed by atoms with van der Waals surface area (Å²) in [5.74, 6) is -4.23. The lowest BCUT2D eigenvalue weighted by atomic mass is 9.95. The normalized spacial score (nSPS) is 15.3. The highest BCUT2D eigenvalue weighted by Gasteiger charge is 2.38. The predicted octanol–water partition coefficient (Wildman–Crippen LogP) is 6.63. The minimum absolute atomic E-state index is 0.0144. The van der Waals surface area contributed by atoms with Crippen LogP contribution in [0.2, 0.25) is 5.02 Å². The largest absolute Gasteiger partial charge is 0.416 e. The topological polar surface area (TPSA) is 76.0 Å². The van der Waals surface area contributed by atoms with E-state index in [-0.39, 0.29) is 44.5 Å². The molecule has 1 aliphatic rings. The van der Waals surface area contributed by atoms with Crippen LogP contribution in [-0.2, 0) is 12.7 Å². The maximum absolute atomic E-state index is 14.1. The molecule has 5 rings (SSSR count). The highest BCUT2D eigenvalue weighted by atomic mass is 35.5. The Balaban J connectivity index is 1.70. The van der Waals surface area contributed by atoms with Gasteiger partial charge in [-0.05, 0) is 42.5 Å². The van der Waals surface area contributed by atoms with Gasteiger partial charge in [-0.1, -0.05) is 11.6 Å². The molecule has 0 spiro atoms. The van der Waals surface area contributed by atoms with E-state index in [2.05, 4.69) is 15.6 Å². The molecule has 1 aliphatic heterocycles. The molecule has 3 aromatic carbocycles. The Hall–Kier alpha value is -4.20. The van der Waals surface area contributed by atoms with Crippen LogP contribution in [0.4, 0.5) is 40.8 Å². The summed E-state index contributed by atoms with van der Waals surface area (Å²) in [6.45, 7) is -1.52. The molecule has 2 N–H and O–H groups in total. The number of imidazole rings is 1. The number of hydrogen-bond acceptors (Lipinski definition) is 3. The highest BCUT2D eigenvalue weighted by molar-refractivity contribution is 6.31. The number of rotatable bonds is 4. The van der Waals surface area contributed by atoms with Gasteiger partial charge in [-0.2, -0.15) is 26.3 Å². The first-order valence-corrected chi connectivity index (χ1v) is 11.5. The Bertz CT molecular complexity index is 1700. The third-order valence-electron chi connectivity index (χ3n) is 6.10. The molecule has 2 heterocycles. The lowest BCUT2D eigenvalue weighted by Gasteiger charge is -2.19. The zero-order valence-corrected chi connectivity index (χ0v) is 20.3. The zero-order chi connectivity index (χ0) is 29.1. The van der Waals surface area contributed by atoms with E-state index >= 15 is 0 Å². The second kappa shape index (κ2) is 9.47. The van der Waals surface area contributed by atoms with Crippen molar-refractivity contribution in [1.29, 1.82) is 0 Å². The van der Waals surface area contributed by atoms with E-state index in [0.29, 0.717) is 16.7 Å². The van der Waals surface area contributed by atoms with Gasteiger partial charge in [0.1, 0.15) is 23.7 Å². The first-order valence-electron chi connectivity index (χ1n) is 11.2. The maximum atomic E-state index is 14.1. The number of aromatic nitrogens is 2. The molecule has 1 aromatic heterocycles. The van der Waals surface area contributed by atoms with Crippen LogP contribution < -0.4 is 10.6 Å². The van der Waals surface area contributed by atoms with Crippen molar-refractivity contribution in [2.24, 2.45) is 0 Å². The molecular weight excluding hydrogens is 576 g/mol. The predicted molar refractivity (Wildman–Crippen MR) is 126 cm³/mol. The molecule has 40 heavy (non-hydrogen) atoms. The summed E-state index contributed by atoms with van der Waals surface area (Å²) in [5.41, 5.74) is -3.30. The lowest BCUT2D eigenvalue weighted by Crippen LogP contribution is -2.21. The van der Waals surface area contributed by atoms with E-state index in [9.17, 15) is 44.7 Å². The fraction of sp³-hybridized carbons (Fsp3) is 0.160. The Kier molecular flexibility index (Phi) is 6.48. The number of fused-ring (bicyclic) bond motifs is 3. The van der Waals surface area contributed by atoms with Crippen LogP contribution in [0.15, 0.2) is 48.8 Å². The number of halogens is 9. The number of anilines is 1. The lowest BCUT2D eigenvalue weighted by molar-refractivity contribution is -0.140. The fourth-order valence-corrected chi connectivity index (χ4v) is 4.71. The summed E-state index contributed by atoms with van der Waals surface area (Å²) in [7, 11) is 0. The molecule has 0 bridgehead atoms.